The molecule has 0 aromatic heterocycles. The van der Waals surface area contributed by atoms with Crippen molar-refractivity contribution in [2.24, 2.45) is 0 Å². The Morgan fingerprint density at radius 3 is 2.55 bits per heavy atom. The minimum atomic E-state index is 0.437. The summed E-state index contributed by atoms with van der Waals surface area (Å²) in [7, 11) is 4.18. The molecule has 11 heavy (non-hydrogen) atoms. The van der Waals surface area contributed by atoms with Crippen LogP contribution in [0, 0.1) is 0 Å². The van der Waals surface area contributed by atoms with Gasteiger partial charge in [0.15, 0.2) is 0 Å². The molecule has 0 atom stereocenters. The van der Waals surface area contributed by atoms with Crippen LogP contribution in [0.1, 0.15) is 12.8 Å². The minimum Gasteiger partial charge on any atom is -0.313 e. The third kappa shape index (κ3) is 3.41. The van der Waals surface area contributed by atoms with E-state index < -0.39 is 0 Å². The molecule has 1 rings (SSSR count). The number of hydrogen-bond donors (Lipinski definition) is 1. The van der Waals surface area contributed by atoms with Crippen LogP contribution in [0.2, 0.25) is 0 Å². The zero-order valence-electron chi connectivity index (χ0n) is 7.31. The van der Waals surface area contributed by atoms with Crippen LogP contribution in [0.5, 0.6) is 0 Å². The van der Waals surface area contributed by atoms with E-state index in [4.69, 9.17) is 11.6 Å². The molecule has 0 spiro atoms. The molecule has 0 aromatic rings. The molecule has 1 saturated carbocycles. The molecule has 0 radical (unpaired) electrons. The van der Waals surface area contributed by atoms with E-state index >= 15 is 0 Å². The van der Waals surface area contributed by atoms with Gasteiger partial charge in [0.1, 0.15) is 0 Å². The second-order valence-electron chi connectivity index (χ2n) is 3.52. The number of hydrogen-bond acceptors (Lipinski definition) is 2. The molecule has 1 aliphatic carbocycles. The van der Waals surface area contributed by atoms with Crippen LogP contribution in [0.3, 0.4) is 0 Å². The van der Waals surface area contributed by atoms with Crippen LogP contribution in [-0.4, -0.2) is 43.5 Å². The first-order chi connectivity index (χ1) is 5.18. The van der Waals surface area contributed by atoms with Gasteiger partial charge in [-0.05, 0) is 26.9 Å². The number of halogens is 1. The second-order valence-corrected chi connectivity index (χ2v) is 4.14. The predicted octanol–water partition coefficient (Wildman–Crippen LogP) is 0.907. The normalized spacial score (nSPS) is 30.5. The van der Waals surface area contributed by atoms with E-state index in [-0.39, 0.29) is 0 Å². The molecule has 1 aliphatic rings. The van der Waals surface area contributed by atoms with Crippen molar-refractivity contribution in [3.8, 4) is 0 Å². The zero-order chi connectivity index (χ0) is 8.27. The quantitative estimate of drug-likeness (QED) is 0.641. The van der Waals surface area contributed by atoms with Gasteiger partial charge in [-0.3, -0.25) is 0 Å². The first-order valence-corrected chi connectivity index (χ1v) is 4.64. The van der Waals surface area contributed by atoms with Gasteiger partial charge in [-0.25, -0.2) is 0 Å². The van der Waals surface area contributed by atoms with E-state index in [1.807, 2.05) is 0 Å². The fourth-order valence-corrected chi connectivity index (χ4v) is 1.64. The number of alkyl halides is 1. The van der Waals surface area contributed by atoms with E-state index in [0.717, 1.165) is 25.9 Å². The van der Waals surface area contributed by atoms with E-state index in [2.05, 4.69) is 24.3 Å². The summed E-state index contributed by atoms with van der Waals surface area (Å²) < 4.78 is 0. The van der Waals surface area contributed by atoms with Crippen LogP contribution < -0.4 is 5.32 Å². The molecule has 0 aromatic carbocycles. The lowest BCUT2D eigenvalue weighted by molar-refractivity contribution is 0.319. The Morgan fingerprint density at radius 2 is 2.09 bits per heavy atom. The Labute approximate surface area is 73.9 Å². The molecule has 1 N–H and O–H groups in total. The number of nitrogens with zero attached hydrogens (tertiary/aromatic N) is 1. The van der Waals surface area contributed by atoms with Crippen molar-refractivity contribution in [2.75, 3.05) is 27.2 Å². The van der Waals surface area contributed by atoms with Gasteiger partial charge in [0, 0.05) is 24.5 Å². The van der Waals surface area contributed by atoms with E-state index in [1.165, 1.54) is 0 Å². The Balaban J connectivity index is 1.89. The highest BCUT2D eigenvalue weighted by molar-refractivity contribution is 6.21. The van der Waals surface area contributed by atoms with Crippen molar-refractivity contribution in [3.63, 3.8) is 0 Å². The Kier molecular flexibility index (Phi) is 3.63. The predicted molar refractivity (Wildman–Crippen MR) is 49.2 cm³/mol. The summed E-state index contributed by atoms with van der Waals surface area (Å²) in [5.41, 5.74) is 0. The van der Waals surface area contributed by atoms with Crippen LogP contribution in [0.25, 0.3) is 0 Å². The summed E-state index contributed by atoms with van der Waals surface area (Å²) >= 11 is 5.83. The summed E-state index contributed by atoms with van der Waals surface area (Å²) in [6.07, 6.45) is 2.30. The summed E-state index contributed by atoms with van der Waals surface area (Å²) in [5, 5.41) is 3.89. The molecular weight excluding hydrogens is 160 g/mol. The smallest absolute Gasteiger partial charge is 0.0365 e. The minimum absolute atomic E-state index is 0.437. The zero-order valence-corrected chi connectivity index (χ0v) is 8.06. The molecule has 0 unspecified atom stereocenters. The van der Waals surface area contributed by atoms with Crippen LogP contribution in [0.15, 0.2) is 0 Å². The molecule has 2 nitrogen and oxygen atoms in total. The molecule has 0 saturated heterocycles. The van der Waals surface area contributed by atoms with Gasteiger partial charge in [0.2, 0.25) is 0 Å². The van der Waals surface area contributed by atoms with Crippen molar-refractivity contribution in [1.82, 2.24) is 10.2 Å². The summed E-state index contributed by atoms with van der Waals surface area (Å²) in [6, 6.07) is 0.692. The van der Waals surface area contributed by atoms with Gasteiger partial charge in [-0.1, -0.05) is 0 Å². The maximum atomic E-state index is 5.83. The highest BCUT2D eigenvalue weighted by Gasteiger charge is 2.25. The molecule has 66 valence electrons. The van der Waals surface area contributed by atoms with Gasteiger partial charge < -0.3 is 10.2 Å². The lowest BCUT2D eigenvalue weighted by Crippen LogP contribution is -2.44. The summed E-state index contributed by atoms with van der Waals surface area (Å²) in [4.78, 5) is 2.18. The maximum Gasteiger partial charge on any atom is 0.0365 e. The standard InChI is InChI=1S/C8H17ClN2/c1-11(2)4-3-10-8-5-7(9)6-8/h7-8,10H,3-6H2,1-2H3. The Hall–Kier alpha value is 0.210. The topological polar surface area (TPSA) is 15.3 Å². The second kappa shape index (κ2) is 4.29. The van der Waals surface area contributed by atoms with E-state index in [1.54, 1.807) is 0 Å². The van der Waals surface area contributed by atoms with Crippen molar-refractivity contribution in [1.29, 1.82) is 0 Å². The molecule has 0 aliphatic heterocycles. The Morgan fingerprint density at radius 1 is 1.45 bits per heavy atom. The lowest BCUT2D eigenvalue weighted by Gasteiger charge is -2.32. The highest BCUT2D eigenvalue weighted by Crippen LogP contribution is 2.24. The molecule has 3 heteroatoms. The fraction of sp³-hybridized carbons (Fsp3) is 1.00. The van der Waals surface area contributed by atoms with Gasteiger partial charge in [0.05, 0.1) is 0 Å². The number of nitrogens with one attached hydrogen (secondary N) is 1. The van der Waals surface area contributed by atoms with Gasteiger partial charge >= 0.3 is 0 Å². The Bertz CT molecular complexity index is 111. The summed E-state index contributed by atoms with van der Waals surface area (Å²) in [6.45, 7) is 2.20. The molecule has 0 bridgehead atoms. The van der Waals surface area contributed by atoms with E-state index in [0.29, 0.717) is 11.4 Å². The largest absolute Gasteiger partial charge is 0.313 e. The average molecular weight is 177 g/mol. The van der Waals surface area contributed by atoms with Crippen molar-refractivity contribution >= 4 is 11.6 Å². The lowest BCUT2D eigenvalue weighted by atomic mass is 9.92. The first kappa shape index (κ1) is 9.30. The molecular formula is C8H17ClN2. The summed E-state index contributed by atoms with van der Waals surface area (Å²) in [5.74, 6) is 0. The van der Waals surface area contributed by atoms with E-state index in [9.17, 15) is 0 Å². The fourth-order valence-electron chi connectivity index (χ4n) is 1.21. The SMILES string of the molecule is CN(C)CCNC1CC(Cl)C1. The van der Waals surface area contributed by atoms with Crippen molar-refractivity contribution in [2.45, 2.75) is 24.3 Å². The number of likely N-dealkylation sites (N-methyl/N-ethyl adjacent to an activating group) is 1. The van der Waals surface area contributed by atoms with Crippen LogP contribution >= 0.6 is 11.6 Å². The average Bonchev–Trinajstić information content (AvgIpc) is 1.83. The first-order valence-electron chi connectivity index (χ1n) is 4.20. The molecule has 0 amide bonds. The molecule has 1 fully saturated rings. The molecule has 0 heterocycles. The maximum absolute atomic E-state index is 5.83. The van der Waals surface area contributed by atoms with Crippen molar-refractivity contribution < 1.29 is 0 Å². The highest BCUT2D eigenvalue weighted by atomic mass is 35.5. The third-order valence-corrected chi connectivity index (χ3v) is 2.43. The van der Waals surface area contributed by atoms with Gasteiger partial charge in [0.25, 0.3) is 0 Å². The van der Waals surface area contributed by atoms with Gasteiger partial charge in [-0.2, -0.15) is 0 Å². The van der Waals surface area contributed by atoms with Crippen molar-refractivity contribution in [3.05, 3.63) is 0 Å². The van der Waals surface area contributed by atoms with Crippen LogP contribution in [-0.2, 0) is 0 Å². The third-order valence-electron chi connectivity index (χ3n) is 2.07. The number of rotatable bonds is 4. The van der Waals surface area contributed by atoms with Gasteiger partial charge in [-0.15, -0.1) is 11.6 Å². The monoisotopic (exact) mass is 176 g/mol. The van der Waals surface area contributed by atoms with Crippen LogP contribution in [0.4, 0.5) is 0 Å².